The lowest BCUT2D eigenvalue weighted by molar-refractivity contribution is -0.155. The molecule has 0 radical (unpaired) electrons. The third kappa shape index (κ3) is 1.21. The van der Waals surface area contributed by atoms with Crippen LogP contribution in [-0.4, -0.2) is 46.0 Å². The Bertz CT molecular complexity index is 392. The van der Waals surface area contributed by atoms with Crippen molar-refractivity contribution in [3.63, 3.8) is 0 Å². The van der Waals surface area contributed by atoms with E-state index < -0.39 is 23.8 Å². The van der Waals surface area contributed by atoms with Crippen molar-refractivity contribution in [1.29, 1.82) is 0 Å². The molecule has 2 bridgehead atoms. The second kappa shape index (κ2) is 3.29. The van der Waals surface area contributed by atoms with E-state index >= 15 is 0 Å². The van der Waals surface area contributed by atoms with Gasteiger partial charge in [0.15, 0.2) is 0 Å². The van der Waals surface area contributed by atoms with E-state index in [-0.39, 0.29) is 24.0 Å². The molecule has 1 N–H and O–H groups in total. The van der Waals surface area contributed by atoms with E-state index in [1.54, 1.807) is 0 Å². The minimum atomic E-state index is -1.15. The molecule has 3 rings (SSSR count). The first-order valence-corrected chi connectivity index (χ1v) is 5.77. The highest BCUT2D eigenvalue weighted by molar-refractivity contribution is 6.08. The number of imide groups is 1. The summed E-state index contributed by atoms with van der Waals surface area (Å²) in [5, 5.41) is 8.91. The quantitative estimate of drug-likeness (QED) is 0.664. The Balaban J connectivity index is 1.93. The fraction of sp³-hybridized carbons (Fsp3) is 0.727. The van der Waals surface area contributed by atoms with Crippen molar-refractivity contribution in [1.82, 2.24) is 4.90 Å². The number of ether oxygens (including phenoxy) is 1. The number of hydrogen-bond acceptors (Lipinski definition) is 4. The number of nitrogens with zero attached hydrogens (tertiary/aromatic N) is 1. The Morgan fingerprint density at radius 2 is 1.76 bits per heavy atom. The van der Waals surface area contributed by atoms with Crippen LogP contribution in [-0.2, 0) is 19.1 Å². The fourth-order valence-corrected chi connectivity index (χ4v) is 3.23. The van der Waals surface area contributed by atoms with E-state index in [1.807, 2.05) is 0 Å². The van der Waals surface area contributed by atoms with E-state index in [0.29, 0.717) is 0 Å². The molecule has 92 valence electrons. The normalized spacial score (nSPS) is 40.9. The van der Waals surface area contributed by atoms with Crippen molar-refractivity contribution in [2.75, 3.05) is 0 Å². The van der Waals surface area contributed by atoms with Crippen LogP contribution in [0.5, 0.6) is 0 Å². The maximum absolute atomic E-state index is 12.1. The molecule has 3 aliphatic rings. The zero-order chi connectivity index (χ0) is 12.3. The van der Waals surface area contributed by atoms with Gasteiger partial charge in [0, 0.05) is 0 Å². The topological polar surface area (TPSA) is 83.9 Å². The van der Waals surface area contributed by atoms with Gasteiger partial charge in [0.2, 0.25) is 11.8 Å². The van der Waals surface area contributed by atoms with Crippen LogP contribution >= 0.6 is 0 Å². The Hall–Kier alpha value is -1.43. The van der Waals surface area contributed by atoms with Gasteiger partial charge in [-0.15, -0.1) is 0 Å². The van der Waals surface area contributed by atoms with Crippen molar-refractivity contribution < 1.29 is 24.2 Å². The van der Waals surface area contributed by atoms with Gasteiger partial charge in [0.05, 0.1) is 24.0 Å². The zero-order valence-corrected chi connectivity index (χ0v) is 9.33. The molecule has 17 heavy (non-hydrogen) atoms. The van der Waals surface area contributed by atoms with E-state index in [9.17, 15) is 14.4 Å². The first-order chi connectivity index (χ1) is 8.02. The molecule has 6 nitrogen and oxygen atoms in total. The molecule has 3 aliphatic heterocycles. The second-order valence-electron chi connectivity index (χ2n) is 4.90. The number of aliphatic carboxylic acids is 1. The Labute approximate surface area is 97.5 Å². The Morgan fingerprint density at radius 1 is 1.29 bits per heavy atom. The molecule has 5 atom stereocenters. The zero-order valence-electron chi connectivity index (χ0n) is 9.33. The molecule has 0 aromatic carbocycles. The second-order valence-corrected chi connectivity index (χ2v) is 4.90. The van der Waals surface area contributed by atoms with Gasteiger partial charge in [-0.1, -0.05) is 0 Å². The Morgan fingerprint density at radius 3 is 2.18 bits per heavy atom. The van der Waals surface area contributed by atoms with Gasteiger partial charge in [-0.3, -0.25) is 14.5 Å². The number of fused-ring (bicyclic) bond motifs is 5. The van der Waals surface area contributed by atoms with Gasteiger partial charge in [0.1, 0.15) is 6.04 Å². The predicted octanol–water partition coefficient (Wildman–Crippen LogP) is -0.378. The molecular weight excluding hydrogens is 226 g/mol. The van der Waals surface area contributed by atoms with Crippen LogP contribution in [0.4, 0.5) is 0 Å². The Kier molecular flexibility index (Phi) is 2.07. The summed E-state index contributed by atoms with van der Waals surface area (Å²) < 4.78 is 5.55. The monoisotopic (exact) mass is 239 g/mol. The summed E-state index contributed by atoms with van der Waals surface area (Å²) in [5.74, 6) is -2.78. The number of carboxylic acids is 1. The van der Waals surface area contributed by atoms with Gasteiger partial charge >= 0.3 is 5.97 Å². The summed E-state index contributed by atoms with van der Waals surface area (Å²) in [5.41, 5.74) is 0. The minimum absolute atomic E-state index is 0.188. The lowest BCUT2D eigenvalue weighted by Crippen LogP contribution is -2.45. The van der Waals surface area contributed by atoms with Crippen molar-refractivity contribution in [3.8, 4) is 0 Å². The van der Waals surface area contributed by atoms with Crippen LogP contribution in [0, 0.1) is 11.8 Å². The van der Waals surface area contributed by atoms with Crippen molar-refractivity contribution in [3.05, 3.63) is 0 Å². The lowest BCUT2D eigenvalue weighted by Gasteiger charge is -2.21. The van der Waals surface area contributed by atoms with E-state index in [2.05, 4.69) is 0 Å². The van der Waals surface area contributed by atoms with Gasteiger partial charge in [-0.25, -0.2) is 4.79 Å². The van der Waals surface area contributed by atoms with Crippen molar-refractivity contribution in [2.45, 2.75) is 38.0 Å². The van der Waals surface area contributed by atoms with Gasteiger partial charge in [-0.05, 0) is 19.8 Å². The molecule has 2 amide bonds. The molecular formula is C11H13NO5. The fourth-order valence-electron chi connectivity index (χ4n) is 3.23. The summed E-state index contributed by atoms with van der Waals surface area (Å²) in [6.45, 7) is 1.36. The van der Waals surface area contributed by atoms with Crippen molar-refractivity contribution >= 4 is 17.8 Å². The molecule has 0 aromatic rings. The smallest absolute Gasteiger partial charge is 0.326 e. The van der Waals surface area contributed by atoms with Crippen LogP contribution in [0.2, 0.25) is 0 Å². The molecule has 0 unspecified atom stereocenters. The molecule has 0 aliphatic carbocycles. The molecule has 3 fully saturated rings. The number of likely N-dealkylation sites (tertiary alicyclic amines) is 1. The summed E-state index contributed by atoms with van der Waals surface area (Å²) in [4.78, 5) is 36.0. The van der Waals surface area contributed by atoms with E-state index in [0.717, 1.165) is 17.7 Å². The lowest BCUT2D eigenvalue weighted by atomic mass is 9.81. The number of carbonyl (C=O) groups excluding carboxylic acids is 2. The van der Waals surface area contributed by atoms with Gasteiger partial charge in [0.25, 0.3) is 0 Å². The standard InChI is InChI=1S/C11H13NO5/c1-4(11(15)16)12-9(13)7-5-2-3-6(17-5)8(7)10(12)14/h4-8H,2-3H2,1H3,(H,15,16)/t4-,5-,6-,7+,8+/m1/s1. The summed E-state index contributed by atoms with van der Waals surface area (Å²) in [6, 6.07) is -1.08. The summed E-state index contributed by atoms with van der Waals surface area (Å²) in [6.07, 6.45) is 1.21. The first-order valence-electron chi connectivity index (χ1n) is 5.77. The summed E-state index contributed by atoms with van der Waals surface area (Å²) in [7, 11) is 0. The highest BCUT2D eigenvalue weighted by Gasteiger charge is 2.63. The molecule has 3 heterocycles. The molecule has 0 spiro atoms. The van der Waals surface area contributed by atoms with E-state index in [1.165, 1.54) is 6.92 Å². The van der Waals surface area contributed by atoms with Crippen LogP contribution < -0.4 is 0 Å². The third-order valence-corrected chi connectivity index (χ3v) is 4.06. The maximum Gasteiger partial charge on any atom is 0.326 e. The highest BCUT2D eigenvalue weighted by Crippen LogP contribution is 2.48. The summed E-state index contributed by atoms with van der Waals surface area (Å²) >= 11 is 0. The van der Waals surface area contributed by atoms with Gasteiger partial charge in [-0.2, -0.15) is 0 Å². The molecule has 0 aromatic heterocycles. The SMILES string of the molecule is C[C@H](C(=O)O)N1C(=O)[C@@H]2[C@@H](C1=O)[C@H]1CC[C@H]2O1. The van der Waals surface area contributed by atoms with Crippen molar-refractivity contribution in [2.24, 2.45) is 11.8 Å². The molecule has 3 saturated heterocycles. The van der Waals surface area contributed by atoms with Crippen LogP contribution in [0.3, 0.4) is 0 Å². The number of rotatable bonds is 2. The van der Waals surface area contributed by atoms with E-state index in [4.69, 9.17) is 9.84 Å². The van der Waals surface area contributed by atoms with Crippen LogP contribution in [0.15, 0.2) is 0 Å². The average Bonchev–Trinajstić information content (AvgIpc) is 2.92. The minimum Gasteiger partial charge on any atom is -0.480 e. The number of carboxylic acid groups (broad SMARTS) is 1. The van der Waals surface area contributed by atoms with Crippen LogP contribution in [0.25, 0.3) is 0 Å². The number of amides is 2. The maximum atomic E-state index is 12.1. The molecule has 6 heteroatoms. The largest absolute Gasteiger partial charge is 0.480 e. The average molecular weight is 239 g/mol. The van der Waals surface area contributed by atoms with Gasteiger partial charge < -0.3 is 9.84 Å². The third-order valence-electron chi connectivity index (χ3n) is 4.06. The molecule has 0 saturated carbocycles. The number of carbonyl (C=O) groups is 3. The number of hydrogen-bond donors (Lipinski definition) is 1. The first kappa shape index (κ1) is 10.7. The van der Waals surface area contributed by atoms with Crippen LogP contribution in [0.1, 0.15) is 19.8 Å². The highest BCUT2D eigenvalue weighted by atomic mass is 16.5. The predicted molar refractivity (Wildman–Crippen MR) is 53.8 cm³/mol.